The van der Waals surface area contributed by atoms with Crippen LogP contribution in [0.1, 0.15) is 12.8 Å². The van der Waals surface area contributed by atoms with E-state index in [2.05, 4.69) is 11.4 Å². The van der Waals surface area contributed by atoms with Gasteiger partial charge in [0.25, 0.3) is 0 Å². The molecule has 1 fully saturated rings. The number of nitrogens with two attached hydrogens (primary N) is 1. The number of rotatable bonds is 1. The number of ketones is 1. The number of allylic oxidation sites excluding steroid dienone is 1. The van der Waals surface area contributed by atoms with Gasteiger partial charge >= 0.3 is 0 Å². The third-order valence-corrected chi connectivity index (χ3v) is 3.03. The Bertz CT molecular complexity index is 298. The molecule has 0 bridgehead atoms. The molecule has 14 heavy (non-hydrogen) atoms. The second kappa shape index (κ2) is 3.53. The maximum atomic E-state index is 11.8. The highest BCUT2D eigenvalue weighted by atomic mass is 16.2. The molecule has 1 aliphatic heterocycles. The smallest absolute Gasteiger partial charge is 0.229 e. The summed E-state index contributed by atoms with van der Waals surface area (Å²) in [4.78, 5) is 22.8. The second-order valence-electron chi connectivity index (χ2n) is 3.90. The van der Waals surface area contributed by atoms with Crippen molar-refractivity contribution in [2.45, 2.75) is 18.9 Å². The first-order valence-corrected chi connectivity index (χ1v) is 4.93. The van der Waals surface area contributed by atoms with Gasteiger partial charge in [-0.3, -0.25) is 9.59 Å². The van der Waals surface area contributed by atoms with Gasteiger partial charge < -0.3 is 11.1 Å². The van der Waals surface area contributed by atoms with Crippen LogP contribution in [-0.2, 0) is 9.59 Å². The van der Waals surface area contributed by atoms with Crippen molar-refractivity contribution in [1.82, 2.24) is 5.32 Å². The van der Waals surface area contributed by atoms with Crippen molar-refractivity contribution in [3.8, 4) is 0 Å². The maximum absolute atomic E-state index is 11.8. The van der Waals surface area contributed by atoms with Crippen LogP contribution in [0.5, 0.6) is 0 Å². The van der Waals surface area contributed by atoms with E-state index in [0.29, 0.717) is 6.54 Å². The van der Waals surface area contributed by atoms with Gasteiger partial charge in [0.2, 0.25) is 5.91 Å². The summed E-state index contributed by atoms with van der Waals surface area (Å²) in [5.41, 5.74) is 5.16. The zero-order valence-corrected chi connectivity index (χ0v) is 7.90. The van der Waals surface area contributed by atoms with Crippen LogP contribution in [0.3, 0.4) is 0 Å². The number of nitrogens with one attached hydrogen (secondary N) is 1. The van der Waals surface area contributed by atoms with Gasteiger partial charge in [-0.05, 0) is 12.8 Å². The van der Waals surface area contributed by atoms with Crippen molar-refractivity contribution in [2.24, 2.45) is 17.6 Å². The van der Waals surface area contributed by atoms with Gasteiger partial charge in [0.15, 0.2) is 5.78 Å². The van der Waals surface area contributed by atoms with E-state index in [1.54, 1.807) is 0 Å². The molecular formula is C10H14N2O2. The first-order chi connectivity index (χ1) is 6.70. The van der Waals surface area contributed by atoms with Crippen LogP contribution in [-0.4, -0.2) is 24.3 Å². The number of carbonyl (C=O) groups excluding carboxylic acids is 2. The zero-order valence-electron chi connectivity index (χ0n) is 7.90. The molecule has 1 amide bonds. The molecule has 76 valence electrons. The summed E-state index contributed by atoms with van der Waals surface area (Å²) in [7, 11) is 0. The van der Waals surface area contributed by atoms with Gasteiger partial charge in [-0.15, -0.1) is 0 Å². The summed E-state index contributed by atoms with van der Waals surface area (Å²) in [6, 6.07) is 0.117. The molecule has 3 unspecified atom stereocenters. The van der Waals surface area contributed by atoms with E-state index in [-0.39, 0.29) is 17.7 Å². The molecule has 2 rings (SSSR count). The number of carbonyl (C=O) groups is 2. The average molecular weight is 194 g/mol. The molecule has 1 saturated heterocycles. The Hall–Kier alpha value is -1.16. The lowest BCUT2D eigenvalue weighted by molar-refractivity contribution is -0.137. The minimum atomic E-state index is -0.622. The SMILES string of the molecule is NC(=O)C1CNC2C=CCCC2C1=O. The van der Waals surface area contributed by atoms with Crippen molar-refractivity contribution in [2.75, 3.05) is 6.54 Å². The average Bonchev–Trinajstić information content (AvgIpc) is 2.18. The fourth-order valence-corrected chi connectivity index (χ4v) is 2.22. The number of hydrogen-bond acceptors (Lipinski definition) is 3. The van der Waals surface area contributed by atoms with Gasteiger partial charge in [-0.25, -0.2) is 0 Å². The van der Waals surface area contributed by atoms with Crippen LogP contribution in [0.25, 0.3) is 0 Å². The molecule has 0 spiro atoms. The van der Waals surface area contributed by atoms with Crippen LogP contribution in [0.2, 0.25) is 0 Å². The Kier molecular flexibility index (Phi) is 2.37. The summed E-state index contributed by atoms with van der Waals surface area (Å²) < 4.78 is 0. The normalized spacial score (nSPS) is 36.6. The monoisotopic (exact) mass is 194 g/mol. The van der Waals surface area contributed by atoms with E-state index in [1.165, 1.54) is 0 Å². The van der Waals surface area contributed by atoms with Crippen molar-refractivity contribution in [3.63, 3.8) is 0 Å². The lowest BCUT2D eigenvalue weighted by Crippen LogP contribution is -2.54. The third-order valence-electron chi connectivity index (χ3n) is 3.03. The molecular weight excluding hydrogens is 180 g/mol. The van der Waals surface area contributed by atoms with E-state index in [1.807, 2.05) is 6.08 Å². The molecule has 0 aromatic rings. The number of amides is 1. The van der Waals surface area contributed by atoms with E-state index < -0.39 is 11.8 Å². The number of piperidine rings is 1. The van der Waals surface area contributed by atoms with Gasteiger partial charge in [0.05, 0.1) is 0 Å². The predicted molar refractivity (Wildman–Crippen MR) is 51.3 cm³/mol. The maximum Gasteiger partial charge on any atom is 0.229 e. The summed E-state index contributed by atoms with van der Waals surface area (Å²) in [6.07, 6.45) is 5.84. The largest absolute Gasteiger partial charge is 0.369 e. The van der Waals surface area contributed by atoms with Crippen LogP contribution < -0.4 is 11.1 Å². The molecule has 0 aromatic heterocycles. The van der Waals surface area contributed by atoms with Gasteiger partial charge in [0, 0.05) is 18.5 Å². The van der Waals surface area contributed by atoms with E-state index in [9.17, 15) is 9.59 Å². The molecule has 0 saturated carbocycles. The lowest BCUT2D eigenvalue weighted by Gasteiger charge is -2.35. The summed E-state index contributed by atoms with van der Waals surface area (Å²) in [6.45, 7) is 0.389. The van der Waals surface area contributed by atoms with E-state index in [0.717, 1.165) is 12.8 Å². The van der Waals surface area contributed by atoms with E-state index in [4.69, 9.17) is 5.73 Å². The fourth-order valence-electron chi connectivity index (χ4n) is 2.22. The Balaban J connectivity index is 2.16. The lowest BCUT2D eigenvalue weighted by atomic mass is 9.78. The highest BCUT2D eigenvalue weighted by Gasteiger charge is 2.39. The molecule has 4 nitrogen and oxygen atoms in total. The molecule has 3 atom stereocenters. The minimum absolute atomic E-state index is 0.0191. The standard InChI is InChI=1S/C10H14N2O2/c11-10(14)7-5-12-8-4-2-1-3-6(8)9(7)13/h2,4,6-8,12H,1,3,5H2,(H2,11,14). The zero-order chi connectivity index (χ0) is 10.1. The first kappa shape index (κ1) is 9.40. The predicted octanol–water partition coefficient (Wildman–Crippen LogP) is -0.405. The van der Waals surface area contributed by atoms with E-state index >= 15 is 0 Å². The second-order valence-corrected chi connectivity index (χ2v) is 3.90. The van der Waals surface area contributed by atoms with Gasteiger partial charge in [0.1, 0.15) is 5.92 Å². The Morgan fingerprint density at radius 3 is 3.07 bits per heavy atom. The number of Topliss-reactive ketones (excluding diaryl/α,β-unsaturated/α-hetero) is 1. The Labute approximate surface area is 82.5 Å². The fraction of sp³-hybridized carbons (Fsp3) is 0.600. The number of primary amides is 1. The molecule has 1 aliphatic carbocycles. The van der Waals surface area contributed by atoms with Crippen LogP contribution in [0.4, 0.5) is 0 Å². The highest BCUT2D eigenvalue weighted by molar-refractivity contribution is 6.03. The minimum Gasteiger partial charge on any atom is -0.369 e. The van der Waals surface area contributed by atoms with Crippen molar-refractivity contribution in [1.29, 1.82) is 0 Å². The third kappa shape index (κ3) is 1.46. The quantitative estimate of drug-likeness (QED) is 0.440. The van der Waals surface area contributed by atoms with Crippen LogP contribution in [0, 0.1) is 11.8 Å². The number of fused-ring (bicyclic) bond motifs is 1. The molecule has 1 heterocycles. The van der Waals surface area contributed by atoms with Gasteiger partial charge in [-0.1, -0.05) is 12.2 Å². The molecule has 3 N–H and O–H groups in total. The van der Waals surface area contributed by atoms with Crippen molar-refractivity contribution < 1.29 is 9.59 Å². The molecule has 2 aliphatic rings. The molecule has 0 radical (unpaired) electrons. The van der Waals surface area contributed by atoms with Gasteiger partial charge in [-0.2, -0.15) is 0 Å². The van der Waals surface area contributed by atoms with Crippen molar-refractivity contribution >= 4 is 11.7 Å². The summed E-state index contributed by atoms with van der Waals surface area (Å²) in [5.74, 6) is -1.16. The molecule has 4 heteroatoms. The Morgan fingerprint density at radius 1 is 1.57 bits per heavy atom. The Morgan fingerprint density at radius 2 is 2.36 bits per heavy atom. The van der Waals surface area contributed by atoms with Crippen molar-refractivity contribution in [3.05, 3.63) is 12.2 Å². The highest BCUT2D eigenvalue weighted by Crippen LogP contribution is 2.26. The topological polar surface area (TPSA) is 72.2 Å². The van der Waals surface area contributed by atoms with Crippen LogP contribution >= 0.6 is 0 Å². The van der Waals surface area contributed by atoms with Crippen LogP contribution in [0.15, 0.2) is 12.2 Å². The summed E-state index contributed by atoms with van der Waals surface area (Å²) in [5, 5.41) is 3.17. The number of hydrogen-bond donors (Lipinski definition) is 2. The first-order valence-electron chi connectivity index (χ1n) is 4.93. The summed E-state index contributed by atoms with van der Waals surface area (Å²) >= 11 is 0. The molecule has 0 aromatic carbocycles.